The van der Waals surface area contributed by atoms with Crippen LogP contribution < -0.4 is 4.90 Å². The molecule has 0 bridgehead atoms. The molecule has 154 valence electrons. The Labute approximate surface area is 174 Å². The zero-order chi connectivity index (χ0) is 20.4. The lowest BCUT2D eigenvalue weighted by atomic mass is 10.2. The number of anilines is 1. The van der Waals surface area contributed by atoms with Crippen LogP contribution in [0.2, 0.25) is 0 Å². The zero-order valence-electron chi connectivity index (χ0n) is 15.9. The quantitative estimate of drug-likeness (QED) is 0.742. The molecule has 3 amide bonds. The summed E-state index contributed by atoms with van der Waals surface area (Å²) in [5.41, 5.74) is 0.812. The predicted octanol–water partition coefficient (Wildman–Crippen LogP) is 2.38. The number of benzene rings is 1. The van der Waals surface area contributed by atoms with Crippen molar-refractivity contribution in [3.63, 3.8) is 0 Å². The minimum absolute atomic E-state index is 0.0219. The molecule has 2 fully saturated rings. The monoisotopic (exact) mass is 433 g/mol. The van der Waals surface area contributed by atoms with Crippen LogP contribution >= 0.6 is 11.3 Å². The van der Waals surface area contributed by atoms with Crippen molar-refractivity contribution >= 4 is 38.8 Å². The third kappa shape index (κ3) is 4.16. The van der Waals surface area contributed by atoms with Gasteiger partial charge in [-0.15, -0.1) is 11.3 Å². The fourth-order valence-corrected chi connectivity index (χ4v) is 6.83. The Kier molecular flexibility index (Phi) is 5.60. The lowest BCUT2D eigenvalue weighted by molar-refractivity contribution is -0.131. The van der Waals surface area contributed by atoms with Crippen LogP contribution in [0.15, 0.2) is 47.8 Å². The number of sulfone groups is 1. The topological polar surface area (TPSA) is 78.0 Å². The van der Waals surface area contributed by atoms with E-state index in [1.807, 2.05) is 47.8 Å². The van der Waals surface area contributed by atoms with Crippen molar-refractivity contribution < 1.29 is 18.0 Å². The molecule has 0 N–H and O–H groups in total. The molecule has 29 heavy (non-hydrogen) atoms. The molecule has 2 aliphatic rings. The summed E-state index contributed by atoms with van der Waals surface area (Å²) in [6, 6.07) is 12.9. The first-order chi connectivity index (χ1) is 14.0. The molecule has 1 atom stereocenters. The van der Waals surface area contributed by atoms with E-state index in [1.54, 1.807) is 9.80 Å². The number of para-hydroxylation sites is 1. The Morgan fingerprint density at radius 2 is 1.83 bits per heavy atom. The summed E-state index contributed by atoms with van der Waals surface area (Å²) in [5, 5.41) is 1.32. The van der Waals surface area contributed by atoms with Crippen LogP contribution in [0, 0.1) is 0 Å². The fourth-order valence-electron chi connectivity index (χ4n) is 3.83. The molecule has 0 aliphatic carbocycles. The Bertz CT molecular complexity index is 976. The van der Waals surface area contributed by atoms with E-state index in [1.165, 1.54) is 16.2 Å². The lowest BCUT2D eigenvalue weighted by Gasteiger charge is -2.24. The second kappa shape index (κ2) is 8.16. The van der Waals surface area contributed by atoms with Crippen LogP contribution in [-0.4, -0.2) is 68.6 Å². The summed E-state index contributed by atoms with van der Waals surface area (Å²) in [6.07, 6.45) is 0.388. The number of rotatable bonds is 4. The predicted molar refractivity (Wildman–Crippen MR) is 113 cm³/mol. The molecule has 4 rings (SSSR count). The molecule has 2 aliphatic heterocycles. The first-order valence-electron chi connectivity index (χ1n) is 9.60. The van der Waals surface area contributed by atoms with E-state index in [-0.39, 0.29) is 30.8 Å². The van der Waals surface area contributed by atoms with Gasteiger partial charge in [-0.25, -0.2) is 13.2 Å². The van der Waals surface area contributed by atoms with Gasteiger partial charge in [0.05, 0.1) is 11.0 Å². The summed E-state index contributed by atoms with van der Waals surface area (Å²) in [5.74, 6) is -0.249. The van der Waals surface area contributed by atoms with Crippen molar-refractivity contribution in [3.05, 3.63) is 52.7 Å². The van der Waals surface area contributed by atoms with Crippen LogP contribution in [0.4, 0.5) is 10.5 Å². The van der Waals surface area contributed by atoms with Crippen molar-refractivity contribution in [2.75, 3.05) is 43.4 Å². The molecule has 0 radical (unpaired) electrons. The molecule has 2 saturated heterocycles. The highest BCUT2D eigenvalue weighted by molar-refractivity contribution is 7.91. The SMILES string of the molecule is O=C(CN1CCN(c2ccccc2)C1=O)N1CCC(c2cccs2)S(=O)(=O)CC1. The van der Waals surface area contributed by atoms with E-state index in [2.05, 4.69) is 0 Å². The van der Waals surface area contributed by atoms with E-state index in [4.69, 9.17) is 0 Å². The van der Waals surface area contributed by atoms with Gasteiger partial charge in [-0.2, -0.15) is 0 Å². The molecular formula is C20H23N3O4S2. The van der Waals surface area contributed by atoms with Gasteiger partial charge in [-0.05, 0) is 30.0 Å². The minimum Gasteiger partial charge on any atom is -0.340 e. The minimum atomic E-state index is -3.30. The van der Waals surface area contributed by atoms with Crippen molar-refractivity contribution in [2.24, 2.45) is 0 Å². The normalized spacial score (nSPS) is 22.0. The molecule has 1 aromatic carbocycles. The van der Waals surface area contributed by atoms with E-state index < -0.39 is 15.1 Å². The summed E-state index contributed by atoms with van der Waals surface area (Å²) in [4.78, 5) is 31.1. The Morgan fingerprint density at radius 1 is 1.03 bits per heavy atom. The van der Waals surface area contributed by atoms with Gasteiger partial charge in [-0.3, -0.25) is 9.69 Å². The van der Waals surface area contributed by atoms with Gasteiger partial charge in [0.2, 0.25) is 5.91 Å². The molecular weight excluding hydrogens is 410 g/mol. The first-order valence-corrected chi connectivity index (χ1v) is 12.2. The van der Waals surface area contributed by atoms with Crippen molar-refractivity contribution in [2.45, 2.75) is 11.7 Å². The van der Waals surface area contributed by atoms with Crippen LogP contribution in [0.5, 0.6) is 0 Å². The highest BCUT2D eigenvalue weighted by Gasteiger charge is 2.35. The number of carbonyl (C=O) groups is 2. The lowest BCUT2D eigenvalue weighted by Crippen LogP contribution is -2.43. The van der Waals surface area contributed by atoms with Crippen LogP contribution in [0.1, 0.15) is 16.5 Å². The van der Waals surface area contributed by atoms with Crippen LogP contribution in [-0.2, 0) is 14.6 Å². The van der Waals surface area contributed by atoms with Crippen molar-refractivity contribution in [1.29, 1.82) is 0 Å². The molecule has 0 spiro atoms. The summed E-state index contributed by atoms with van der Waals surface area (Å²) in [7, 11) is -3.30. The number of thiophene rings is 1. The van der Waals surface area contributed by atoms with E-state index >= 15 is 0 Å². The summed E-state index contributed by atoms with van der Waals surface area (Å²) in [6.45, 7) is 1.54. The number of amides is 3. The Balaban J connectivity index is 1.40. The largest absolute Gasteiger partial charge is 0.340 e. The molecule has 1 unspecified atom stereocenters. The number of hydrogen-bond donors (Lipinski definition) is 0. The highest BCUT2D eigenvalue weighted by Crippen LogP contribution is 2.32. The van der Waals surface area contributed by atoms with Crippen LogP contribution in [0.25, 0.3) is 0 Å². The molecule has 9 heteroatoms. The summed E-state index contributed by atoms with van der Waals surface area (Å²) >= 11 is 1.43. The van der Waals surface area contributed by atoms with Gasteiger partial charge in [0.25, 0.3) is 0 Å². The van der Waals surface area contributed by atoms with Crippen molar-refractivity contribution in [1.82, 2.24) is 9.80 Å². The molecule has 1 aromatic heterocycles. The third-order valence-electron chi connectivity index (χ3n) is 5.44. The Hall–Kier alpha value is -2.39. The summed E-state index contributed by atoms with van der Waals surface area (Å²) < 4.78 is 25.3. The fraction of sp³-hybridized carbons (Fsp3) is 0.400. The number of carbonyl (C=O) groups excluding carboxylic acids is 2. The van der Waals surface area contributed by atoms with Gasteiger partial charge in [-0.1, -0.05) is 24.3 Å². The van der Waals surface area contributed by atoms with Gasteiger partial charge < -0.3 is 9.80 Å². The van der Waals surface area contributed by atoms with E-state index in [0.29, 0.717) is 26.1 Å². The molecule has 2 aromatic rings. The zero-order valence-corrected chi connectivity index (χ0v) is 17.6. The third-order valence-corrected chi connectivity index (χ3v) is 8.69. The smallest absolute Gasteiger partial charge is 0.325 e. The second-order valence-corrected chi connectivity index (χ2v) is 10.5. The van der Waals surface area contributed by atoms with E-state index in [0.717, 1.165) is 10.6 Å². The highest BCUT2D eigenvalue weighted by atomic mass is 32.2. The standard InChI is InChI=1S/C20H23N3O4S2/c24-19(15-22-10-11-23(20(22)25)16-5-2-1-3-6-16)21-9-8-18(17-7-4-13-28-17)29(26,27)14-12-21/h1-7,13,18H,8-12,14-15H2. The van der Waals surface area contributed by atoms with Crippen molar-refractivity contribution in [3.8, 4) is 0 Å². The first kappa shape index (κ1) is 19.9. The molecule has 7 nitrogen and oxygen atoms in total. The number of hydrogen-bond acceptors (Lipinski definition) is 5. The molecule has 0 saturated carbocycles. The number of nitrogens with zero attached hydrogens (tertiary/aromatic N) is 3. The molecule has 3 heterocycles. The van der Waals surface area contributed by atoms with Gasteiger partial charge in [0.15, 0.2) is 9.84 Å². The average molecular weight is 434 g/mol. The van der Waals surface area contributed by atoms with Gasteiger partial charge >= 0.3 is 6.03 Å². The second-order valence-electron chi connectivity index (χ2n) is 7.23. The van der Waals surface area contributed by atoms with Gasteiger partial charge in [0, 0.05) is 36.7 Å². The van der Waals surface area contributed by atoms with Gasteiger partial charge in [0.1, 0.15) is 6.54 Å². The van der Waals surface area contributed by atoms with Crippen LogP contribution in [0.3, 0.4) is 0 Å². The maximum absolute atomic E-state index is 12.8. The van der Waals surface area contributed by atoms with E-state index in [9.17, 15) is 18.0 Å². The average Bonchev–Trinajstić information content (AvgIpc) is 3.32. The maximum Gasteiger partial charge on any atom is 0.325 e. The Morgan fingerprint density at radius 3 is 2.55 bits per heavy atom. The maximum atomic E-state index is 12.8. The number of urea groups is 1.